The number of benzene rings is 2. The molecule has 0 saturated carbocycles. The molecule has 35 heavy (non-hydrogen) atoms. The van der Waals surface area contributed by atoms with E-state index in [4.69, 9.17) is 18.9 Å². The van der Waals surface area contributed by atoms with E-state index in [1.165, 1.54) is 0 Å². The summed E-state index contributed by atoms with van der Waals surface area (Å²) in [6.45, 7) is 3.32. The van der Waals surface area contributed by atoms with Gasteiger partial charge in [0.05, 0.1) is 21.3 Å². The second-order valence-electron chi connectivity index (χ2n) is 8.22. The molecule has 0 bridgehead atoms. The van der Waals surface area contributed by atoms with Crippen molar-refractivity contribution in [3.63, 3.8) is 0 Å². The Balaban J connectivity index is 1.42. The van der Waals surface area contributed by atoms with Gasteiger partial charge in [-0.25, -0.2) is 9.97 Å². The van der Waals surface area contributed by atoms with E-state index in [1.807, 2.05) is 31.2 Å². The largest absolute Gasteiger partial charge is 0.493 e. The van der Waals surface area contributed by atoms with Crippen molar-refractivity contribution in [3.8, 4) is 28.9 Å². The van der Waals surface area contributed by atoms with Gasteiger partial charge in [0.2, 0.25) is 11.7 Å². The normalized spacial score (nSPS) is 13.8. The van der Waals surface area contributed by atoms with Gasteiger partial charge in [-0.05, 0) is 31.4 Å². The fourth-order valence-corrected chi connectivity index (χ4v) is 4.13. The zero-order valence-electron chi connectivity index (χ0n) is 20.4. The Morgan fingerprint density at radius 2 is 1.60 bits per heavy atom. The molecule has 9 nitrogen and oxygen atoms in total. The van der Waals surface area contributed by atoms with Crippen LogP contribution in [0.3, 0.4) is 0 Å². The van der Waals surface area contributed by atoms with Gasteiger partial charge in [0.15, 0.2) is 17.3 Å². The maximum absolute atomic E-state index is 13.0. The minimum absolute atomic E-state index is 0.0468. The Morgan fingerprint density at radius 3 is 2.23 bits per heavy atom. The number of amides is 1. The van der Waals surface area contributed by atoms with Gasteiger partial charge in [0, 0.05) is 49.2 Å². The monoisotopic (exact) mass is 478 g/mol. The fraction of sp³-hybridized carbons (Fsp3) is 0.346. The van der Waals surface area contributed by atoms with Crippen molar-refractivity contribution >= 4 is 17.4 Å². The third kappa shape index (κ3) is 5.40. The van der Waals surface area contributed by atoms with E-state index in [-0.39, 0.29) is 11.8 Å². The minimum Gasteiger partial charge on any atom is -0.493 e. The van der Waals surface area contributed by atoms with Crippen LogP contribution in [0.1, 0.15) is 18.4 Å². The zero-order chi connectivity index (χ0) is 24.8. The number of nitrogens with zero attached hydrogens (tertiary/aromatic N) is 3. The van der Waals surface area contributed by atoms with Gasteiger partial charge in [-0.3, -0.25) is 4.79 Å². The lowest BCUT2D eigenvalue weighted by Gasteiger charge is -2.32. The molecular weight excluding hydrogens is 448 g/mol. The average molecular weight is 479 g/mol. The molecular formula is C26H30N4O5. The molecule has 2 aromatic carbocycles. The number of carbonyl (C=O) groups excluding carboxylic acids is 1. The number of para-hydroxylation sites is 1. The number of rotatable bonds is 8. The van der Waals surface area contributed by atoms with Crippen LogP contribution in [0.4, 0.5) is 11.5 Å². The van der Waals surface area contributed by atoms with Gasteiger partial charge in [-0.1, -0.05) is 18.2 Å². The standard InChI is InChI=1S/C26H30N4O5/c1-17-7-5-6-8-20(17)35-26-24(27-11-12-28-26)30-13-9-18(10-14-30)25(31)29-19-15-21(32-2)23(34-4)22(16-19)33-3/h5-8,11-12,15-16,18H,9-10,13-14H2,1-4H3,(H,29,31). The molecule has 0 aliphatic carbocycles. The molecule has 0 radical (unpaired) electrons. The smallest absolute Gasteiger partial charge is 0.263 e. The number of hydrogen-bond donors (Lipinski definition) is 1. The van der Waals surface area contributed by atoms with Crippen LogP contribution < -0.4 is 29.2 Å². The summed E-state index contributed by atoms with van der Waals surface area (Å²) in [6.07, 6.45) is 4.63. The van der Waals surface area contributed by atoms with Crippen molar-refractivity contribution in [3.05, 3.63) is 54.4 Å². The van der Waals surface area contributed by atoms with Gasteiger partial charge in [-0.15, -0.1) is 0 Å². The molecule has 9 heteroatoms. The van der Waals surface area contributed by atoms with Crippen LogP contribution in [0.15, 0.2) is 48.8 Å². The first-order valence-corrected chi connectivity index (χ1v) is 11.4. The van der Waals surface area contributed by atoms with Gasteiger partial charge in [0.1, 0.15) is 5.75 Å². The third-order valence-electron chi connectivity index (χ3n) is 6.04. The second kappa shape index (κ2) is 10.9. The van der Waals surface area contributed by atoms with Gasteiger partial charge in [0.25, 0.3) is 5.88 Å². The topological polar surface area (TPSA) is 95.0 Å². The molecule has 0 spiro atoms. The molecule has 184 valence electrons. The number of piperidine rings is 1. The molecule has 0 unspecified atom stereocenters. The molecule has 1 saturated heterocycles. The van der Waals surface area contributed by atoms with E-state index in [0.717, 1.165) is 11.3 Å². The van der Waals surface area contributed by atoms with E-state index in [2.05, 4.69) is 20.2 Å². The Labute approximate surface area is 205 Å². The fourth-order valence-electron chi connectivity index (χ4n) is 4.13. The van der Waals surface area contributed by atoms with Crippen LogP contribution in [0.25, 0.3) is 0 Å². The summed E-state index contributed by atoms with van der Waals surface area (Å²) in [6, 6.07) is 11.2. The maximum Gasteiger partial charge on any atom is 0.263 e. The summed E-state index contributed by atoms with van der Waals surface area (Å²) in [4.78, 5) is 24.1. The van der Waals surface area contributed by atoms with E-state index in [9.17, 15) is 4.79 Å². The molecule has 1 N–H and O–H groups in total. The summed E-state index contributed by atoms with van der Waals surface area (Å²) in [7, 11) is 4.63. The number of nitrogens with one attached hydrogen (secondary N) is 1. The lowest BCUT2D eigenvalue weighted by atomic mass is 9.95. The first-order valence-electron chi connectivity index (χ1n) is 11.4. The first-order chi connectivity index (χ1) is 17.0. The van der Waals surface area contributed by atoms with E-state index in [0.29, 0.717) is 60.6 Å². The van der Waals surface area contributed by atoms with Gasteiger partial charge in [-0.2, -0.15) is 0 Å². The molecule has 1 aromatic heterocycles. The highest BCUT2D eigenvalue weighted by atomic mass is 16.5. The summed E-state index contributed by atoms with van der Waals surface area (Å²) < 4.78 is 22.2. The number of carbonyl (C=O) groups is 1. The number of methoxy groups -OCH3 is 3. The van der Waals surface area contributed by atoms with Crippen LogP contribution in [0.5, 0.6) is 28.9 Å². The lowest BCUT2D eigenvalue weighted by Crippen LogP contribution is -2.38. The highest BCUT2D eigenvalue weighted by molar-refractivity contribution is 5.93. The van der Waals surface area contributed by atoms with E-state index in [1.54, 1.807) is 45.9 Å². The zero-order valence-corrected chi connectivity index (χ0v) is 20.4. The lowest BCUT2D eigenvalue weighted by molar-refractivity contribution is -0.120. The molecule has 3 aromatic rings. The van der Waals surface area contributed by atoms with Gasteiger partial charge < -0.3 is 29.2 Å². The van der Waals surface area contributed by atoms with Crippen molar-refractivity contribution in [1.29, 1.82) is 0 Å². The Morgan fingerprint density at radius 1 is 0.943 bits per heavy atom. The molecule has 0 atom stereocenters. The van der Waals surface area contributed by atoms with Crippen LogP contribution in [-0.4, -0.2) is 50.3 Å². The average Bonchev–Trinajstić information content (AvgIpc) is 2.89. The quantitative estimate of drug-likeness (QED) is 0.507. The summed E-state index contributed by atoms with van der Waals surface area (Å²) in [5.74, 6) is 3.16. The molecule has 1 aliphatic rings. The highest BCUT2D eigenvalue weighted by Gasteiger charge is 2.28. The molecule has 1 aliphatic heterocycles. The number of aryl methyl sites for hydroxylation is 1. The predicted molar refractivity (Wildman–Crippen MR) is 133 cm³/mol. The third-order valence-corrected chi connectivity index (χ3v) is 6.04. The second-order valence-corrected chi connectivity index (χ2v) is 8.22. The van der Waals surface area contributed by atoms with Crippen molar-refractivity contribution in [2.45, 2.75) is 19.8 Å². The summed E-state index contributed by atoms with van der Waals surface area (Å²) in [5, 5.41) is 2.99. The van der Waals surface area contributed by atoms with Crippen molar-refractivity contribution in [2.24, 2.45) is 5.92 Å². The predicted octanol–water partition coefficient (Wildman–Crippen LogP) is 4.46. The number of hydrogen-bond acceptors (Lipinski definition) is 8. The first kappa shape index (κ1) is 24.1. The molecule has 4 rings (SSSR count). The molecule has 1 fully saturated rings. The summed E-state index contributed by atoms with van der Waals surface area (Å²) >= 11 is 0. The Kier molecular flexibility index (Phi) is 7.54. The van der Waals surface area contributed by atoms with Crippen LogP contribution in [0.2, 0.25) is 0 Å². The Bertz CT molecular complexity index is 1150. The van der Waals surface area contributed by atoms with Crippen molar-refractivity contribution < 1.29 is 23.7 Å². The Hall–Kier alpha value is -4.01. The minimum atomic E-state index is -0.136. The van der Waals surface area contributed by atoms with E-state index < -0.39 is 0 Å². The van der Waals surface area contributed by atoms with Crippen LogP contribution >= 0.6 is 0 Å². The number of anilines is 2. The number of ether oxygens (including phenoxy) is 4. The molecule has 1 amide bonds. The molecule has 2 heterocycles. The van der Waals surface area contributed by atoms with Crippen LogP contribution in [-0.2, 0) is 4.79 Å². The highest BCUT2D eigenvalue weighted by Crippen LogP contribution is 2.40. The van der Waals surface area contributed by atoms with E-state index >= 15 is 0 Å². The van der Waals surface area contributed by atoms with Gasteiger partial charge >= 0.3 is 0 Å². The number of aromatic nitrogens is 2. The van der Waals surface area contributed by atoms with Crippen molar-refractivity contribution in [2.75, 3.05) is 44.6 Å². The van der Waals surface area contributed by atoms with Crippen molar-refractivity contribution in [1.82, 2.24) is 9.97 Å². The van der Waals surface area contributed by atoms with Crippen LogP contribution in [0, 0.1) is 12.8 Å². The maximum atomic E-state index is 13.0. The SMILES string of the molecule is COc1cc(NC(=O)C2CCN(c3nccnc3Oc3ccccc3C)CC2)cc(OC)c1OC. The summed E-state index contributed by atoms with van der Waals surface area (Å²) in [5.41, 5.74) is 1.61.